The van der Waals surface area contributed by atoms with Gasteiger partial charge in [-0.25, -0.2) is 18.4 Å². The van der Waals surface area contributed by atoms with Crippen LogP contribution in [0.15, 0.2) is 35.4 Å². The zero-order chi connectivity index (χ0) is 17.3. The fourth-order valence-corrected chi connectivity index (χ4v) is 2.60. The number of aromatic nitrogens is 2. The number of nitrogens with zero attached hydrogens (tertiary/aromatic N) is 2. The molecule has 124 valence electrons. The van der Waals surface area contributed by atoms with Crippen molar-refractivity contribution >= 4 is 27.3 Å². The molecule has 0 saturated carbocycles. The highest BCUT2D eigenvalue weighted by Crippen LogP contribution is 2.33. The van der Waals surface area contributed by atoms with Crippen LogP contribution in [0.1, 0.15) is 11.1 Å². The quantitative estimate of drug-likeness (QED) is 0.843. The van der Waals surface area contributed by atoms with E-state index in [2.05, 4.69) is 15.3 Å². The third-order valence-corrected chi connectivity index (χ3v) is 4.14. The number of hydrogen-bond donors (Lipinski definition) is 1. The van der Waals surface area contributed by atoms with E-state index in [1.807, 2.05) is 0 Å². The van der Waals surface area contributed by atoms with Crippen molar-refractivity contribution in [2.24, 2.45) is 0 Å². The van der Waals surface area contributed by atoms with E-state index in [9.17, 15) is 21.6 Å². The van der Waals surface area contributed by atoms with Crippen LogP contribution in [0.5, 0.6) is 0 Å². The highest BCUT2D eigenvalue weighted by molar-refractivity contribution is 7.90. The van der Waals surface area contributed by atoms with Crippen LogP contribution in [-0.4, -0.2) is 24.6 Å². The molecule has 0 amide bonds. The minimum atomic E-state index is -4.64. The van der Waals surface area contributed by atoms with Crippen molar-refractivity contribution in [1.29, 1.82) is 0 Å². The highest BCUT2D eigenvalue weighted by Gasteiger charge is 2.35. The second-order valence-electron chi connectivity index (χ2n) is 4.67. The monoisotopic (exact) mass is 365 g/mol. The fraction of sp³-hybridized carbons (Fsp3) is 0.231. The van der Waals surface area contributed by atoms with Crippen molar-refractivity contribution in [1.82, 2.24) is 9.97 Å². The van der Waals surface area contributed by atoms with Crippen LogP contribution in [0.25, 0.3) is 0 Å². The lowest BCUT2D eigenvalue weighted by Crippen LogP contribution is -2.13. The second kappa shape index (κ2) is 6.32. The molecule has 0 spiro atoms. The molecular formula is C13H11ClF3N3O2S. The summed E-state index contributed by atoms with van der Waals surface area (Å²) in [5, 5.41) is 2.18. The van der Waals surface area contributed by atoms with Gasteiger partial charge in [0.25, 0.3) is 0 Å². The first-order valence-corrected chi connectivity index (χ1v) is 8.47. The lowest BCUT2D eigenvalue weighted by molar-refractivity contribution is -0.137. The molecule has 0 saturated heterocycles. The Labute approximate surface area is 135 Å². The molecule has 1 aromatic heterocycles. The van der Waals surface area contributed by atoms with Gasteiger partial charge in [-0.2, -0.15) is 13.2 Å². The second-order valence-corrected chi connectivity index (χ2v) is 7.03. The molecule has 0 fully saturated rings. The van der Waals surface area contributed by atoms with Crippen molar-refractivity contribution in [3.63, 3.8) is 0 Å². The van der Waals surface area contributed by atoms with Gasteiger partial charge < -0.3 is 5.32 Å². The molecule has 1 N–H and O–H groups in total. The maximum absolute atomic E-state index is 12.9. The van der Waals surface area contributed by atoms with Gasteiger partial charge in [-0.1, -0.05) is 12.1 Å². The summed E-state index contributed by atoms with van der Waals surface area (Å²) in [7, 11) is -3.40. The zero-order valence-corrected chi connectivity index (χ0v) is 13.3. The Kier molecular flexibility index (Phi) is 4.81. The fourth-order valence-electron chi connectivity index (χ4n) is 1.77. The maximum atomic E-state index is 12.9. The third-order valence-electron chi connectivity index (χ3n) is 2.85. The Bertz CT molecular complexity index is 825. The average molecular weight is 366 g/mol. The maximum Gasteiger partial charge on any atom is 0.421 e. The Balaban J connectivity index is 2.27. The van der Waals surface area contributed by atoms with Crippen molar-refractivity contribution in [3.05, 3.63) is 46.9 Å². The Hall–Kier alpha value is -1.87. The summed E-state index contributed by atoms with van der Waals surface area (Å²) in [6.07, 6.45) is -3.00. The molecule has 2 aromatic rings. The number of anilines is 1. The predicted octanol–water partition coefficient (Wildman–Crippen LogP) is 3.16. The molecule has 0 aliphatic carbocycles. The summed E-state index contributed by atoms with van der Waals surface area (Å²) in [6, 6.07) is 5.86. The van der Waals surface area contributed by atoms with Gasteiger partial charge in [-0.3, -0.25) is 0 Å². The van der Waals surface area contributed by atoms with Gasteiger partial charge in [-0.15, -0.1) is 0 Å². The van der Waals surface area contributed by atoms with Gasteiger partial charge in [0.15, 0.2) is 9.84 Å². The molecule has 0 aliphatic rings. The number of alkyl halides is 3. The standard InChI is InChI=1S/C13H11ClF3N3O2S/c1-23(21,22)9-4-2-3-8(5-9)6-18-11-10(13(15,16)17)7-19-12(14)20-11/h2-5,7H,6H2,1H3,(H,18,19,20). The molecule has 10 heteroatoms. The first-order valence-electron chi connectivity index (χ1n) is 6.20. The van der Waals surface area contributed by atoms with E-state index in [0.29, 0.717) is 11.8 Å². The molecular weight excluding hydrogens is 355 g/mol. The SMILES string of the molecule is CS(=O)(=O)c1cccc(CNc2nc(Cl)ncc2C(F)(F)F)c1. The first-order chi connectivity index (χ1) is 10.6. The van der Waals surface area contributed by atoms with Crippen LogP contribution in [0.2, 0.25) is 5.28 Å². The van der Waals surface area contributed by atoms with E-state index in [1.54, 1.807) is 6.07 Å². The van der Waals surface area contributed by atoms with Gasteiger partial charge in [0.2, 0.25) is 5.28 Å². The van der Waals surface area contributed by atoms with Crippen LogP contribution in [-0.2, 0) is 22.6 Å². The molecule has 1 aromatic carbocycles. The Morgan fingerprint density at radius 3 is 2.61 bits per heavy atom. The summed E-state index contributed by atoms with van der Waals surface area (Å²) in [6.45, 7) is -0.0558. The van der Waals surface area contributed by atoms with Crippen LogP contribution < -0.4 is 5.32 Å². The number of benzene rings is 1. The lowest BCUT2D eigenvalue weighted by atomic mass is 10.2. The first kappa shape index (κ1) is 17.5. The minimum absolute atomic E-state index is 0.0558. The number of hydrogen-bond acceptors (Lipinski definition) is 5. The third kappa shape index (κ3) is 4.55. The number of rotatable bonds is 4. The molecule has 0 atom stereocenters. The topological polar surface area (TPSA) is 72.0 Å². The zero-order valence-electron chi connectivity index (χ0n) is 11.7. The van der Waals surface area contributed by atoms with Crippen molar-refractivity contribution in [2.75, 3.05) is 11.6 Å². The summed E-state index contributed by atoms with van der Waals surface area (Å²) in [5.74, 6) is -0.470. The summed E-state index contributed by atoms with van der Waals surface area (Å²) < 4.78 is 61.6. The van der Waals surface area contributed by atoms with Crippen molar-refractivity contribution in [2.45, 2.75) is 17.6 Å². The number of halogens is 4. The molecule has 5 nitrogen and oxygen atoms in total. The van der Waals surface area contributed by atoms with E-state index in [4.69, 9.17) is 11.6 Å². The molecule has 2 rings (SSSR count). The van der Waals surface area contributed by atoms with Gasteiger partial charge in [0.05, 0.1) is 4.90 Å². The molecule has 23 heavy (non-hydrogen) atoms. The summed E-state index contributed by atoms with van der Waals surface area (Å²) in [4.78, 5) is 6.93. The Morgan fingerprint density at radius 1 is 1.30 bits per heavy atom. The van der Waals surface area contributed by atoms with Crippen molar-refractivity contribution < 1.29 is 21.6 Å². The molecule has 1 heterocycles. The largest absolute Gasteiger partial charge is 0.421 e. The smallest absolute Gasteiger partial charge is 0.365 e. The number of nitrogens with one attached hydrogen (secondary N) is 1. The summed E-state index contributed by atoms with van der Waals surface area (Å²) >= 11 is 5.52. The van der Waals surface area contributed by atoms with Gasteiger partial charge >= 0.3 is 6.18 Å². The highest BCUT2D eigenvalue weighted by atomic mass is 35.5. The molecule has 0 aliphatic heterocycles. The van der Waals surface area contributed by atoms with Crippen molar-refractivity contribution in [3.8, 4) is 0 Å². The van der Waals surface area contributed by atoms with Crippen LogP contribution in [0.4, 0.5) is 19.0 Å². The average Bonchev–Trinajstić information content (AvgIpc) is 2.43. The van der Waals surface area contributed by atoms with E-state index < -0.39 is 27.4 Å². The molecule has 0 unspecified atom stereocenters. The van der Waals surface area contributed by atoms with Crippen LogP contribution in [0, 0.1) is 0 Å². The normalized spacial score (nSPS) is 12.2. The Morgan fingerprint density at radius 2 is 2.00 bits per heavy atom. The summed E-state index contributed by atoms with van der Waals surface area (Å²) in [5.41, 5.74) is -0.572. The van der Waals surface area contributed by atoms with E-state index in [0.717, 1.165) is 6.26 Å². The predicted molar refractivity (Wildman–Crippen MR) is 78.9 cm³/mol. The number of sulfone groups is 1. The molecule has 0 bridgehead atoms. The van der Waals surface area contributed by atoms with Crippen LogP contribution >= 0.6 is 11.6 Å². The van der Waals surface area contributed by atoms with Gasteiger partial charge in [-0.05, 0) is 29.3 Å². The van der Waals surface area contributed by atoms with E-state index in [1.165, 1.54) is 18.2 Å². The molecule has 0 radical (unpaired) electrons. The van der Waals surface area contributed by atoms with Gasteiger partial charge in [0, 0.05) is 19.0 Å². The van der Waals surface area contributed by atoms with E-state index >= 15 is 0 Å². The van der Waals surface area contributed by atoms with Crippen LogP contribution in [0.3, 0.4) is 0 Å². The minimum Gasteiger partial charge on any atom is -0.365 e. The lowest BCUT2D eigenvalue weighted by Gasteiger charge is -2.13. The van der Waals surface area contributed by atoms with E-state index in [-0.39, 0.29) is 16.7 Å². The van der Waals surface area contributed by atoms with Gasteiger partial charge in [0.1, 0.15) is 11.4 Å².